The Morgan fingerprint density at radius 3 is 2.25 bits per heavy atom. The molecule has 51 heavy (non-hydrogen) atoms. The molecule has 0 atom stereocenters. The van der Waals surface area contributed by atoms with E-state index in [0.717, 1.165) is 42.9 Å². The van der Waals surface area contributed by atoms with Crippen molar-refractivity contribution in [2.75, 3.05) is 0 Å². The number of nitrogens with zero attached hydrogens (tertiary/aromatic N) is 1. The van der Waals surface area contributed by atoms with Crippen LogP contribution in [0.4, 0.5) is 0 Å². The van der Waals surface area contributed by atoms with Crippen LogP contribution in [0.25, 0.3) is 42.6 Å². The molecule has 1 fully saturated rings. The van der Waals surface area contributed by atoms with Gasteiger partial charge in [-0.05, 0) is 91.5 Å². The van der Waals surface area contributed by atoms with Gasteiger partial charge < -0.3 is 5.11 Å². The summed E-state index contributed by atoms with van der Waals surface area (Å²) in [7, 11) is 0. The second kappa shape index (κ2) is 19.1. The largest absolute Gasteiger partial charge is 0.512 e. The second-order valence-corrected chi connectivity index (χ2v) is 15.5. The molecule has 1 aliphatic rings. The molecule has 2 heterocycles. The minimum atomic E-state index is 0. The van der Waals surface area contributed by atoms with Crippen molar-refractivity contribution in [1.29, 1.82) is 0 Å². The fraction of sp³-hybridized carbons (Fsp3) is 0.435. The van der Waals surface area contributed by atoms with Crippen molar-refractivity contribution in [2.45, 2.75) is 118 Å². The van der Waals surface area contributed by atoms with E-state index in [4.69, 9.17) is 4.98 Å². The van der Waals surface area contributed by atoms with Gasteiger partial charge in [0.15, 0.2) is 5.78 Å². The number of carbonyl (C=O) groups excluding carboxylic acids is 1. The first kappa shape index (κ1) is 40.7. The third-order valence-electron chi connectivity index (χ3n) is 10.8. The summed E-state index contributed by atoms with van der Waals surface area (Å²) in [6, 6.07) is 26.3. The molecule has 1 radical (unpaired) electrons. The number of aliphatic hydroxyl groups is 1. The molecule has 3 nitrogen and oxygen atoms in total. The van der Waals surface area contributed by atoms with Crippen molar-refractivity contribution < 1.29 is 30.0 Å². The summed E-state index contributed by atoms with van der Waals surface area (Å²) in [5, 5.41) is 13.5. The summed E-state index contributed by atoms with van der Waals surface area (Å²) in [5.41, 5.74) is 7.76. The number of aliphatic hydroxyl groups excluding tert-OH is 1. The van der Waals surface area contributed by atoms with Gasteiger partial charge in [-0.15, -0.1) is 40.5 Å². The van der Waals surface area contributed by atoms with E-state index in [9.17, 15) is 9.90 Å². The molecule has 5 heteroatoms. The van der Waals surface area contributed by atoms with Crippen LogP contribution in [0.2, 0.25) is 0 Å². The Balaban J connectivity index is 0.000000312. The maximum absolute atomic E-state index is 11.7. The number of pyridine rings is 1. The van der Waals surface area contributed by atoms with E-state index in [1.54, 1.807) is 0 Å². The van der Waals surface area contributed by atoms with Crippen LogP contribution in [0.1, 0.15) is 128 Å². The molecule has 3 aromatic carbocycles. The van der Waals surface area contributed by atoms with Gasteiger partial charge in [-0.3, -0.25) is 9.78 Å². The number of hydrogen-bond acceptors (Lipinski definition) is 4. The van der Waals surface area contributed by atoms with E-state index in [2.05, 4.69) is 87.5 Å². The monoisotopic (exact) mass is 879 g/mol. The topological polar surface area (TPSA) is 50.2 Å². The Labute approximate surface area is 324 Å². The Hall–Kier alpha value is -3.11. The third-order valence-corrected chi connectivity index (χ3v) is 12.0. The predicted molar refractivity (Wildman–Crippen MR) is 215 cm³/mol. The number of aromatic nitrogens is 1. The van der Waals surface area contributed by atoms with Gasteiger partial charge in [0.2, 0.25) is 0 Å². The smallest absolute Gasteiger partial charge is 0.162 e. The van der Waals surface area contributed by atoms with Crippen molar-refractivity contribution in [2.24, 2.45) is 11.8 Å². The molecule has 0 bridgehead atoms. The van der Waals surface area contributed by atoms with E-state index in [0.29, 0.717) is 5.92 Å². The zero-order chi connectivity index (χ0) is 35.8. The number of benzene rings is 3. The summed E-state index contributed by atoms with van der Waals surface area (Å²) in [4.78, 5) is 17.9. The van der Waals surface area contributed by atoms with Crippen LogP contribution < -0.4 is 0 Å². The minimum absolute atomic E-state index is 0. The van der Waals surface area contributed by atoms with E-state index >= 15 is 0 Å². The number of carbonyl (C=O) groups is 1. The fourth-order valence-electron chi connectivity index (χ4n) is 7.59. The maximum atomic E-state index is 11.7. The van der Waals surface area contributed by atoms with E-state index in [1.807, 2.05) is 45.2 Å². The van der Waals surface area contributed by atoms with Crippen molar-refractivity contribution in [3.63, 3.8) is 0 Å². The molecule has 273 valence electrons. The minimum Gasteiger partial charge on any atom is -0.512 e. The Kier molecular flexibility index (Phi) is 15.2. The summed E-state index contributed by atoms with van der Waals surface area (Å²) in [6.45, 7) is 14.9. The van der Waals surface area contributed by atoms with Crippen LogP contribution >= 0.6 is 11.3 Å². The standard InChI is InChI=1S/C33H32NS.C13H24O2.Ir/c1-21(2)30-19-27(18-25-11-7-8-12-29(25)30)32-33-26(15-16-34-32)20-31(35-33)28-14-13-24(17-22(28)3)23-9-5-4-6-10-23;1-5-10(6-2)12(14)9-13(15)11(7-3)8-4;/h7-8,11-17,19-21,23H,4-6,9-10H2,1-3H3;9-11,14H,5-8H2,1-4H3;/q-1;;/b;12-9-;. The summed E-state index contributed by atoms with van der Waals surface area (Å²) >= 11 is 1.86. The van der Waals surface area contributed by atoms with Gasteiger partial charge in [0.05, 0.1) is 5.76 Å². The van der Waals surface area contributed by atoms with Crippen molar-refractivity contribution in [1.82, 2.24) is 4.98 Å². The van der Waals surface area contributed by atoms with E-state index in [-0.39, 0.29) is 43.5 Å². The second-order valence-electron chi connectivity index (χ2n) is 14.4. The first-order chi connectivity index (χ1) is 24.2. The van der Waals surface area contributed by atoms with Gasteiger partial charge in [0.1, 0.15) is 0 Å². The molecule has 1 aliphatic carbocycles. The number of aryl methyl sites for hydroxylation is 1. The number of thiophene rings is 1. The van der Waals surface area contributed by atoms with Crippen molar-refractivity contribution in [3.8, 4) is 21.7 Å². The Bertz CT molecular complexity index is 1930. The van der Waals surface area contributed by atoms with Crippen LogP contribution in [0.15, 0.2) is 78.7 Å². The molecule has 0 unspecified atom stereocenters. The summed E-state index contributed by atoms with van der Waals surface area (Å²) in [6.07, 6.45) is 13.7. The van der Waals surface area contributed by atoms with Gasteiger partial charge in [-0.2, -0.15) is 0 Å². The first-order valence-electron chi connectivity index (χ1n) is 19.1. The molecule has 0 aliphatic heterocycles. The maximum Gasteiger partial charge on any atom is 0.162 e. The van der Waals surface area contributed by atoms with Gasteiger partial charge in [0.25, 0.3) is 0 Å². The summed E-state index contributed by atoms with van der Waals surface area (Å²) in [5.74, 6) is 1.73. The molecule has 1 N–H and O–H groups in total. The zero-order valence-corrected chi connectivity index (χ0v) is 34.9. The third kappa shape index (κ3) is 9.66. The number of ketones is 1. The molecule has 1 saturated carbocycles. The molecule has 0 amide bonds. The molecular formula is C46H56IrNO2S-. The summed E-state index contributed by atoms with van der Waals surface area (Å²) < 4.78 is 1.25. The van der Waals surface area contributed by atoms with Crippen LogP contribution in [0, 0.1) is 24.8 Å². The van der Waals surface area contributed by atoms with Crippen LogP contribution in [-0.2, 0) is 24.9 Å². The number of hydrogen-bond donors (Lipinski definition) is 1. The number of fused-ring (bicyclic) bond motifs is 2. The normalized spacial score (nSPS) is 13.9. The predicted octanol–water partition coefficient (Wildman–Crippen LogP) is 13.9. The SMILES string of the molecule is CCC(CC)C(=O)/C=C(\O)C(CC)CC.Cc1cc(C2CCCCC2)ccc1-c1cc2ccnc(-c3[c-]c4ccccc4c(C(C)C)c3)c2s1.[Ir]. The molecule has 0 saturated heterocycles. The van der Waals surface area contributed by atoms with E-state index < -0.39 is 0 Å². The van der Waals surface area contributed by atoms with Crippen LogP contribution in [-0.4, -0.2) is 15.9 Å². The average Bonchev–Trinajstić information content (AvgIpc) is 3.57. The van der Waals surface area contributed by atoms with Gasteiger partial charge >= 0.3 is 0 Å². The van der Waals surface area contributed by atoms with E-state index in [1.165, 1.54) is 86.2 Å². The van der Waals surface area contributed by atoms with Crippen molar-refractivity contribution >= 4 is 38.0 Å². The molecular weight excluding hydrogens is 823 g/mol. The van der Waals surface area contributed by atoms with Gasteiger partial charge in [-0.25, -0.2) is 0 Å². The van der Waals surface area contributed by atoms with Crippen LogP contribution in [0.5, 0.6) is 0 Å². The number of allylic oxidation sites excluding steroid dienone is 2. The average molecular weight is 879 g/mol. The van der Waals surface area contributed by atoms with Crippen LogP contribution in [0.3, 0.4) is 0 Å². The zero-order valence-electron chi connectivity index (χ0n) is 31.6. The van der Waals surface area contributed by atoms with Crippen molar-refractivity contribution in [3.05, 3.63) is 101 Å². The number of rotatable bonds is 11. The quantitative estimate of drug-likeness (QED) is 0.0817. The molecule has 6 rings (SSSR count). The molecule has 5 aromatic rings. The fourth-order valence-corrected chi connectivity index (χ4v) is 8.83. The Morgan fingerprint density at radius 2 is 1.61 bits per heavy atom. The first-order valence-corrected chi connectivity index (χ1v) is 19.9. The Morgan fingerprint density at radius 1 is 0.922 bits per heavy atom. The van der Waals surface area contributed by atoms with Gasteiger partial charge in [-0.1, -0.05) is 108 Å². The molecule has 0 spiro atoms. The van der Waals surface area contributed by atoms with Gasteiger partial charge in [0, 0.05) is 59.5 Å². The molecule has 2 aromatic heterocycles.